The zero-order valence-electron chi connectivity index (χ0n) is 12.1. The number of likely N-dealkylation sites (N-methyl/N-ethyl adjacent to an activating group) is 1. The molecule has 1 spiro atoms. The summed E-state index contributed by atoms with van der Waals surface area (Å²) >= 11 is 0. The Balaban J connectivity index is 1.97. The van der Waals surface area contributed by atoms with E-state index in [-0.39, 0.29) is 12.5 Å². The van der Waals surface area contributed by atoms with Crippen molar-refractivity contribution in [1.82, 2.24) is 0 Å². The van der Waals surface area contributed by atoms with Gasteiger partial charge in [-0.15, -0.1) is 0 Å². The number of carbonyl (C=O) groups excluding carboxylic acids is 1. The van der Waals surface area contributed by atoms with Gasteiger partial charge < -0.3 is 10.1 Å². The maximum Gasteiger partial charge on any atom is 0.249 e. The fraction of sp³-hybridized carbons (Fsp3) is 0.412. The van der Waals surface area contributed by atoms with Crippen LogP contribution in [0, 0.1) is 5.21 Å². The summed E-state index contributed by atoms with van der Waals surface area (Å²) < 4.78 is 1.05. The number of rotatable bonds is 1. The van der Waals surface area contributed by atoms with Crippen LogP contribution in [0.15, 0.2) is 35.9 Å². The molecule has 0 N–H and O–H groups in total. The van der Waals surface area contributed by atoms with Crippen LogP contribution in [0.25, 0.3) is 0 Å². The number of carbonyl (C=O) groups is 1. The van der Waals surface area contributed by atoms with Crippen molar-refractivity contribution in [2.45, 2.75) is 31.6 Å². The second kappa shape index (κ2) is 4.20. The molecular formula is C17H18N2O2. The van der Waals surface area contributed by atoms with E-state index in [4.69, 9.17) is 0 Å². The molecule has 4 heteroatoms. The predicted octanol–water partition coefficient (Wildman–Crippen LogP) is 2.37. The maximum atomic E-state index is 13.1. The monoisotopic (exact) mass is 282 g/mol. The topological polar surface area (TPSA) is 46.4 Å². The average Bonchev–Trinajstić information content (AvgIpc) is 2.95. The number of anilines is 1. The minimum absolute atomic E-state index is 0.0650. The SMILES string of the molecule is CCN1C(=O)C2(C[N+]([O-])=C3CCCC=C32)c2ccccc21. The van der Waals surface area contributed by atoms with Gasteiger partial charge in [-0.1, -0.05) is 24.3 Å². The molecule has 1 aromatic rings. The summed E-state index contributed by atoms with van der Waals surface area (Å²) in [6, 6.07) is 7.91. The minimum Gasteiger partial charge on any atom is -0.624 e. The Kier molecular flexibility index (Phi) is 2.52. The number of allylic oxidation sites excluding steroid dienone is 1. The van der Waals surface area contributed by atoms with Crippen molar-refractivity contribution >= 4 is 17.3 Å². The zero-order chi connectivity index (χ0) is 14.6. The van der Waals surface area contributed by atoms with Gasteiger partial charge in [0.25, 0.3) is 0 Å². The summed E-state index contributed by atoms with van der Waals surface area (Å²) in [6.45, 7) is 2.86. The number of hydroxylamine groups is 1. The van der Waals surface area contributed by atoms with Crippen molar-refractivity contribution in [3.63, 3.8) is 0 Å². The van der Waals surface area contributed by atoms with Gasteiger partial charge in [0, 0.05) is 29.8 Å². The standard InChI is InChI=1S/C17H18N2O2/c1-2-18-14-9-5-3-7-12(14)17(16(18)20)11-19(21)15-10-6-4-8-13(15)17/h3,5,7-9H,2,4,6,10-11H2,1H3. The highest BCUT2D eigenvalue weighted by atomic mass is 16.5. The normalized spacial score (nSPS) is 27.2. The number of fused-ring (bicyclic) bond motifs is 4. The summed E-state index contributed by atoms with van der Waals surface area (Å²) in [5, 5.41) is 12.4. The van der Waals surface area contributed by atoms with E-state index in [0.29, 0.717) is 6.54 Å². The summed E-state index contributed by atoms with van der Waals surface area (Å²) in [7, 11) is 0. The molecule has 0 radical (unpaired) electrons. The summed E-state index contributed by atoms with van der Waals surface area (Å²) in [5.41, 5.74) is 3.00. The van der Waals surface area contributed by atoms with Gasteiger partial charge in [-0.25, -0.2) is 4.74 Å². The van der Waals surface area contributed by atoms with Gasteiger partial charge in [0.2, 0.25) is 5.91 Å². The summed E-state index contributed by atoms with van der Waals surface area (Å²) in [4.78, 5) is 14.9. The van der Waals surface area contributed by atoms with Crippen LogP contribution >= 0.6 is 0 Å². The van der Waals surface area contributed by atoms with Gasteiger partial charge in [0.1, 0.15) is 0 Å². The molecule has 21 heavy (non-hydrogen) atoms. The van der Waals surface area contributed by atoms with Crippen molar-refractivity contribution in [2.75, 3.05) is 18.0 Å². The van der Waals surface area contributed by atoms with Crippen molar-refractivity contribution < 1.29 is 9.53 Å². The zero-order valence-corrected chi connectivity index (χ0v) is 12.1. The van der Waals surface area contributed by atoms with Crippen LogP contribution in [0.4, 0.5) is 5.69 Å². The van der Waals surface area contributed by atoms with Gasteiger partial charge in [-0.2, -0.15) is 0 Å². The Bertz CT molecular complexity index is 704. The van der Waals surface area contributed by atoms with Crippen molar-refractivity contribution in [2.24, 2.45) is 0 Å². The van der Waals surface area contributed by atoms with Gasteiger partial charge in [-0.3, -0.25) is 4.79 Å². The fourth-order valence-electron chi connectivity index (χ4n) is 4.10. The molecule has 0 saturated heterocycles. The first-order valence-corrected chi connectivity index (χ1v) is 7.63. The second-order valence-electron chi connectivity index (χ2n) is 5.97. The molecule has 0 fully saturated rings. The highest BCUT2D eigenvalue weighted by molar-refractivity contribution is 6.18. The number of benzene rings is 1. The average molecular weight is 282 g/mol. The molecule has 2 heterocycles. The number of hydrogen-bond acceptors (Lipinski definition) is 2. The lowest BCUT2D eigenvalue weighted by Crippen LogP contribution is -2.44. The molecule has 4 nitrogen and oxygen atoms in total. The first kappa shape index (κ1) is 12.6. The Labute approximate surface area is 124 Å². The highest BCUT2D eigenvalue weighted by Crippen LogP contribution is 2.50. The molecule has 1 aliphatic carbocycles. The third-order valence-electron chi connectivity index (χ3n) is 5.00. The van der Waals surface area contributed by atoms with Crippen LogP contribution in [-0.2, 0) is 10.2 Å². The minimum atomic E-state index is -0.760. The van der Waals surface area contributed by atoms with E-state index < -0.39 is 5.41 Å². The van der Waals surface area contributed by atoms with E-state index >= 15 is 0 Å². The number of hydrogen-bond donors (Lipinski definition) is 0. The lowest BCUT2D eigenvalue weighted by atomic mass is 9.73. The Morgan fingerprint density at radius 3 is 3.00 bits per heavy atom. The van der Waals surface area contributed by atoms with Crippen molar-refractivity contribution in [3.8, 4) is 0 Å². The van der Waals surface area contributed by atoms with E-state index in [1.54, 1.807) is 0 Å². The van der Waals surface area contributed by atoms with Gasteiger partial charge >= 0.3 is 0 Å². The molecule has 0 aromatic heterocycles. The van der Waals surface area contributed by atoms with E-state index in [1.807, 2.05) is 36.1 Å². The number of amides is 1. The van der Waals surface area contributed by atoms with Crippen LogP contribution in [0.2, 0.25) is 0 Å². The molecule has 1 aromatic carbocycles. The molecule has 1 atom stereocenters. The molecule has 0 bridgehead atoms. The molecule has 1 unspecified atom stereocenters. The number of nitrogens with zero attached hydrogens (tertiary/aromatic N) is 2. The third kappa shape index (κ3) is 1.40. The molecule has 0 saturated carbocycles. The van der Waals surface area contributed by atoms with E-state index in [0.717, 1.165) is 46.5 Å². The second-order valence-corrected chi connectivity index (χ2v) is 5.97. The largest absolute Gasteiger partial charge is 0.624 e. The van der Waals surface area contributed by atoms with Crippen molar-refractivity contribution in [3.05, 3.63) is 46.7 Å². The van der Waals surface area contributed by atoms with Crippen LogP contribution in [-0.4, -0.2) is 29.4 Å². The highest BCUT2D eigenvalue weighted by Gasteiger charge is 2.61. The molecule has 3 aliphatic rings. The molecule has 2 aliphatic heterocycles. The Morgan fingerprint density at radius 2 is 2.19 bits per heavy atom. The first-order chi connectivity index (χ1) is 10.2. The lowest BCUT2D eigenvalue weighted by molar-refractivity contribution is -0.455. The van der Waals surface area contributed by atoms with Crippen LogP contribution in [0.3, 0.4) is 0 Å². The van der Waals surface area contributed by atoms with Crippen LogP contribution in [0.1, 0.15) is 31.7 Å². The van der Waals surface area contributed by atoms with E-state index in [9.17, 15) is 10.0 Å². The van der Waals surface area contributed by atoms with Gasteiger partial charge in [0.05, 0.1) is 0 Å². The molecule has 4 rings (SSSR count). The van der Waals surface area contributed by atoms with Crippen molar-refractivity contribution in [1.29, 1.82) is 0 Å². The third-order valence-corrected chi connectivity index (χ3v) is 5.00. The number of para-hydroxylation sites is 1. The molecular weight excluding hydrogens is 264 g/mol. The van der Waals surface area contributed by atoms with Crippen LogP contribution in [0.5, 0.6) is 0 Å². The summed E-state index contributed by atoms with van der Waals surface area (Å²) in [6.07, 6.45) is 4.86. The maximum absolute atomic E-state index is 13.1. The Hall–Kier alpha value is -2.10. The van der Waals surface area contributed by atoms with Gasteiger partial charge in [0.15, 0.2) is 17.7 Å². The van der Waals surface area contributed by atoms with Crippen LogP contribution < -0.4 is 4.90 Å². The molecule has 1 amide bonds. The fourth-order valence-corrected chi connectivity index (χ4v) is 4.10. The van der Waals surface area contributed by atoms with E-state index in [2.05, 4.69) is 6.08 Å². The van der Waals surface area contributed by atoms with Gasteiger partial charge in [-0.05, 0) is 25.8 Å². The predicted molar refractivity (Wildman–Crippen MR) is 81.6 cm³/mol. The smallest absolute Gasteiger partial charge is 0.249 e. The van der Waals surface area contributed by atoms with E-state index in [1.165, 1.54) is 0 Å². The Morgan fingerprint density at radius 1 is 1.38 bits per heavy atom. The quantitative estimate of drug-likeness (QED) is 0.586. The first-order valence-electron chi connectivity index (χ1n) is 7.63. The molecule has 108 valence electrons. The summed E-state index contributed by atoms with van der Waals surface area (Å²) in [5.74, 6) is 0.0650. The lowest BCUT2D eigenvalue weighted by Gasteiger charge is -2.23.